The molecular weight excluding hydrogens is 316 g/mol. The molecule has 0 aliphatic heterocycles. The van der Waals surface area contributed by atoms with Crippen molar-refractivity contribution in [3.63, 3.8) is 0 Å². The Morgan fingerprint density at radius 2 is 1.78 bits per heavy atom. The van der Waals surface area contributed by atoms with Gasteiger partial charge in [-0.15, -0.1) is 0 Å². The van der Waals surface area contributed by atoms with E-state index in [0.29, 0.717) is 11.4 Å². The number of ether oxygens (including phenoxy) is 1. The largest absolute Gasteiger partial charge is 0.495 e. The smallest absolute Gasteiger partial charge is 0.264 e. The number of para-hydroxylation sites is 1. The van der Waals surface area contributed by atoms with Crippen LogP contribution in [0, 0.1) is 0 Å². The van der Waals surface area contributed by atoms with Gasteiger partial charge in [0.25, 0.3) is 10.0 Å². The lowest BCUT2D eigenvalue weighted by Crippen LogP contribution is -2.26. The monoisotopic (exact) mass is 334 g/mol. The second-order valence-electron chi connectivity index (χ2n) is 4.85. The summed E-state index contributed by atoms with van der Waals surface area (Å²) >= 11 is 0. The van der Waals surface area contributed by atoms with Crippen LogP contribution >= 0.6 is 0 Å². The molecule has 0 unspecified atom stereocenters. The second kappa shape index (κ2) is 6.70. The van der Waals surface area contributed by atoms with Gasteiger partial charge in [0.15, 0.2) is 0 Å². The molecular formula is C16H18N2O4S. The zero-order valence-corrected chi connectivity index (χ0v) is 13.9. The Morgan fingerprint density at radius 1 is 1.13 bits per heavy atom. The van der Waals surface area contributed by atoms with Crippen LogP contribution in [0.1, 0.15) is 6.92 Å². The topological polar surface area (TPSA) is 75.7 Å². The molecule has 0 spiro atoms. The normalized spacial score (nSPS) is 10.9. The fraction of sp³-hybridized carbons (Fsp3) is 0.188. The van der Waals surface area contributed by atoms with Crippen molar-refractivity contribution in [2.75, 3.05) is 23.8 Å². The minimum Gasteiger partial charge on any atom is -0.495 e. The summed E-state index contributed by atoms with van der Waals surface area (Å²) in [4.78, 5) is 11.2. The first-order valence-corrected chi connectivity index (χ1v) is 8.30. The summed E-state index contributed by atoms with van der Waals surface area (Å²) in [6.07, 6.45) is 0. The highest BCUT2D eigenvalue weighted by Gasteiger charge is 2.22. The van der Waals surface area contributed by atoms with E-state index in [9.17, 15) is 13.2 Å². The highest BCUT2D eigenvalue weighted by atomic mass is 32.2. The Balaban J connectivity index is 2.42. The average molecular weight is 334 g/mol. The van der Waals surface area contributed by atoms with Crippen LogP contribution in [0.3, 0.4) is 0 Å². The first-order chi connectivity index (χ1) is 10.9. The van der Waals surface area contributed by atoms with Gasteiger partial charge in [0.1, 0.15) is 5.75 Å². The number of nitrogens with one attached hydrogen (secondary N) is 1. The number of carbonyl (C=O) groups excluding carboxylic acids is 1. The van der Waals surface area contributed by atoms with Gasteiger partial charge in [-0.1, -0.05) is 18.2 Å². The van der Waals surface area contributed by atoms with E-state index < -0.39 is 10.0 Å². The standard InChI is InChI=1S/C16H18N2O4S/c1-12(19)17-15-10-9-14(11-16(15)22-3)23(20,21)18(2)13-7-5-4-6-8-13/h4-11H,1-3H3,(H,17,19). The Bertz CT molecular complexity index is 804. The number of amides is 1. The SMILES string of the molecule is COc1cc(S(=O)(=O)N(C)c2ccccc2)ccc1NC(C)=O. The molecule has 0 aliphatic carbocycles. The van der Waals surface area contributed by atoms with Crippen LogP contribution in [0.25, 0.3) is 0 Å². The Kier molecular flexibility index (Phi) is 4.90. The molecule has 0 saturated heterocycles. The quantitative estimate of drug-likeness (QED) is 0.911. The summed E-state index contributed by atoms with van der Waals surface area (Å²) in [5.41, 5.74) is 0.971. The van der Waals surface area contributed by atoms with E-state index in [4.69, 9.17) is 4.74 Å². The maximum absolute atomic E-state index is 12.7. The molecule has 2 aromatic rings. The van der Waals surface area contributed by atoms with Gasteiger partial charge in [0.2, 0.25) is 5.91 Å². The first-order valence-electron chi connectivity index (χ1n) is 6.86. The molecule has 1 amide bonds. The number of methoxy groups -OCH3 is 1. The van der Waals surface area contributed by atoms with Crippen molar-refractivity contribution in [1.82, 2.24) is 0 Å². The molecule has 0 radical (unpaired) electrons. The number of nitrogens with zero attached hydrogens (tertiary/aromatic N) is 1. The number of benzene rings is 2. The highest BCUT2D eigenvalue weighted by Crippen LogP contribution is 2.30. The van der Waals surface area contributed by atoms with Gasteiger partial charge in [0.05, 0.1) is 23.4 Å². The van der Waals surface area contributed by atoms with Gasteiger partial charge in [-0.05, 0) is 24.3 Å². The predicted octanol–water partition coefficient (Wildman–Crippen LogP) is 2.48. The number of hydrogen-bond donors (Lipinski definition) is 1. The molecule has 1 N–H and O–H groups in total. The summed E-state index contributed by atoms with van der Waals surface area (Å²) in [7, 11) is -0.830. The zero-order chi connectivity index (χ0) is 17.0. The fourth-order valence-electron chi connectivity index (χ4n) is 2.06. The van der Waals surface area contributed by atoms with Crippen LogP contribution in [0.15, 0.2) is 53.4 Å². The van der Waals surface area contributed by atoms with E-state index >= 15 is 0 Å². The maximum Gasteiger partial charge on any atom is 0.264 e. The number of sulfonamides is 1. The van der Waals surface area contributed by atoms with Gasteiger partial charge in [-0.3, -0.25) is 9.10 Å². The average Bonchev–Trinajstić information content (AvgIpc) is 2.54. The fourth-order valence-corrected chi connectivity index (χ4v) is 3.27. The molecule has 7 heteroatoms. The number of rotatable bonds is 5. The molecule has 2 aromatic carbocycles. The van der Waals surface area contributed by atoms with E-state index in [2.05, 4.69) is 5.32 Å². The van der Waals surface area contributed by atoms with Crippen LogP contribution in [-0.2, 0) is 14.8 Å². The van der Waals surface area contributed by atoms with E-state index in [1.807, 2.05) is 6.07 Å². The molecule has 23 heavy (non-hydrogen) atoms. The zero-order valence-electron chi connectivity index (χ0n) is 13.1. The Labute approximate surface area is 135 Å². The summed E-state index contributed by atoms with van der Waals surface area (Å²) in [5.74, 6) is 0.0167. The molecule has 0 aromatic heterocycles. The van der Waals surface area contributed by atoms with Crippen molar-refractivity contribution < 1.29 is 17.9 Å². The summed E-state index contributed by atoms with van der Waals surface area (Å²) in [6.45, 7) is 1.37. The predicted molar refractivity (Wildman–Crippen MR) is 89.3 cm³/mol. The number of anilines is 2. The second-order valence-corrected chi connectivity index (χ2v) is 6.82. The summed E-state index contributed by atoms with van der Waals surface area (Å²) < 4.78 is 31.8. The van der Waals surface area contributed by atoms with E-state index in [-0.39, 0.29) is 16.6 Å². The van der Waals surface area contributed by atoms with Crippen molar-refractivity contribution in [3.05, 3.63) is 48.5 Å². The molecule has 0 fully saturated rings. The van der Waals surface area contributed by atoms with E-state index in [1.54, 1.807) is 24.3 Å². The van der Waals surface area contributed by atoms with Crippen LogP contribution in [0.4, 0.5) is 11.4 Å². The summed E-state index contributed by atoms with van der Waals surface area (Å²) in [6, 6.07) is 13.1. The van der Waals surface area contributed by atoms with E-state index in [1.165, 1.54) is 43.6 Å². The molecule has 0 saturated carbocycles. The summed E-state index contributed by atoms with van der Waals surface area (Å²) in [5, 5.41) is 2.59. The highest BCUT2D eigenvalue weighted by molar-refractivity contribution is 7.92. The minimum absolute atomic E-state index is 0.0785. The van der Waals surface area contributed by atoms with Gasteiger partial charge in [-0.25, -0.2) is 8.42 Å². The third-order valence-electron chi connectivity index (χ3n) is 3.26. The lowest BCUT2D eigenvalue weighted by Gasteiger charge is -2.20. The van der Waals surface area contributed by atoms with Crippen molar-refractivity contribution in [2.24, 2.45) is 0 Å². The van der Waals surface area contributed by atoms with Crippen molar-refractivity contribution in [2.45, 2.75) is 11.8 Å². The number of hydrogen-bond acceptors (Lipinski definition) is 4. The first kappa shape index (κ1) is 16.8. The minimum atomic E-state index is -3.73. The van der Waals surface area contributed by atoms with Crippen molar-refractivity contribution >= 4 is 27.3 Å². The Hall–Kier alpha value is -2.54. The molecule has 122 valence electrons. The van der Waals surface area contributed by atoms with Gasteiger partial charge in [0, 0.05) is 20.0 Å². The molecule has 0 aliphatic rings. The molecule has 0 atom stereocenters. The van der Waals surface area contributed by atoms with Crippen molar-refractivity contribution in [3.8, 4) is 5.75 Å². The lowest BCUT2D eigenvalue weighted by molar-refractivity contribution is -0.114. The third-order valence-corrected chi connectivity index (χ3v) is 5.04. The van der Waals surface area contributed by atoms with Gasteiger partial charge in [-0.2, -0.15) is 0 Å². The van der Waals surface area contributed by atoms with Crippen LogP contribution in [-0.4, -0.2) is 28.5 Å². The Morgan fingerprint density at radius 3 is 2.35 bits per heavy atom. The maximum atomic E-state index is 12.7. The van der Waals surface area contributed by atoms with Crippen LogP contribution < -0.4 is 14.4 Å². The molecule has 0 heterocycles. The van der Waals surface area contributed by atoms with Crippen LogP contribution in [0.2, 0.25) is 0 Å². The van der Waals surface area contributed by atoms with Crippen molar-refractivity contribution in [1.29, 1.82) is 0 Å². The molecule has 2 rings (SSSR count). The van der Waals surface area contributed by atoms with Crippen LogP contribution in [0.5, 0.6) is 5.75 Å². The molecule has 0 bridgehead atoms. The van der Waals surface area contributed by atoms with E-state index in [0.717, 1.165) is 0 Å². The third kappa shape index (κ3) is 3.62. The number of carbonyl (C=O) groups is 1. The molecule has 6 nitrogen and oxygen atoms in total. The van der Waals surface area contributed by atoms with Gasteiger partial charge < -0.3 is 10.1 Å². The van der Waals surface area contributed by atoms with Gasteiger partial charge >= 0.3 is 0 Å². The lowest BCUT2D eigenvalue weighted by atomic mass is 10.3.